The normalized spacial score (nSPS) is 11.3. The summed E-state index contributed by atoms with van der Waals surface area (Å²) in [6.07, 6.45) is 8.08. The molecule has 2 aromatic carbocycles. The fourth-order valence-electron chi connectivity index (χ4n) is 1.70. The first-order valence-corrected chi connectivity index (χ1v) is 6.33. The van der Waals surface area contributed by atoms with Crippen molar-refractivity contribution in [3.8, 4) is 5.75 Å². The zero-order valence-corrected chi connectivity index (χ0v) is 11.3. The standard InChI is InChI=1S/C17H17NO2/c1-14-6-8-15(9-7-14)4-2-3-5-16-10-12-17(13-11-16)19-20-18/h2-13H,18H2,1H3/b4-2+,5-3+. The Kier molecular flexibility index (Phi) is 5.12. The van der Waals surface area contributed by atoms with Crippen molar-refractivity contribution >= 4 is 12.2 Å². The third kappa shape index (κ3) is 4.39. The Labute approximate surface area is 118 Å². The molecule has 0 fully saturated rings. The van der Waals surface area contributed by atoms with Gasteiger partial charge in [-0.3, -0.25) is 0 Å². The van der Waals surface area contributed by atoms with Crippen LogP contribution in [0, 0.1) is 6.92 Å². The van der Waals surface area contributed by atoms with E-state index in [9.17, 15) is 0 Å². The van der Waals surface area contributed by atoms with Gasteiger partial charge in [0.25, 0.3) is 0 Å². The smallest absolute Gasteiger partial charge is 0.167 e. The summed E-state index contributed by atoms with van der Waals surface area (Å²) < 4.78 is 0. The molecule has 0 saturated heterocycles. The summed E-state index contributed by atoms with van der Waals surface area (Å²) in [7, 11) is 0. The molecule has 0 saturated carbocycles. The fraction of sp³-hybridized carbons (Fsp3) is 0.0588. The molecule has 0 aliphatic rings. The van der Waals surface area contributed by atoms with Crippen LogP contribution in [0.5, 0.6) is 5.75 Å². The topological polar surface area (TPSA) is 44.5 Å². The maximum atomic E-state index is 4.82. The third-order valence-electron chi connectivity index (χ3n) is 2.79. The summed E-state index contributed by atoms with van der Waals surface area (Å²) in [4.78, 5) is 8.79. The van der Waals surface area contributed by atoms with Crippen molar-refractivity contribution in [3.05, 3.63) is 77.4 Å². The molecule has 0 aliphatic carbocycles. The zero-order valence-electron chi connectivity index (χ0n) is 11.3. The van der Waals surface area contributed by atoms with Crippen molar-refractivity contribution in [2.75, 3.05) is 0 Å². The van der Waals surface area contributed by atoms with E-state index in [2.05, 4.69) is 42.3 Å². The summed E-state index contributed by atoms with van der Waals surface area (Å²) in [6, 6.07) is 15.8. The van der Waals surface area contributed by atoms with Crippen molar-refractivity contribution < 1.29 is 9.88 Å². The largest absolute Gasteiger partial charge is 0.320 e. The maximum absolute atomic E-state index is 4.82. The summed E-state index contributed by atoms with van der Waals surface area (Å²) in [5.74, 6) is 5.39. The number of benzene rings is 2. The molecule has 0 amide bonds. The van der Waals surface area contributed by atoms with Gasteiger partial charge in [0.15, 0.2) is 5.75 Å². The minimum atomic E-state index is 0.569. The van der Waals surface area contributed by atoms with Gasteiger partial charge >= 0.3 is 0 Å². The highest BCUT2D eigenvalue weighted by atomic mass is 17.3. The van der Waals surface area contributed by atoms with Crippen molar-refractivity contribution in [2.45, 2.75) is 6.92 Å². The Bertz CT molecular complexity index is 583. The predicted octanol–water partition coefficient (Wildman–Crippen LogP) is 3.91. The number of allylic oxidation sites excluding steroid dienone is 2. The SMILES string of the molecule is Cc1ccc(/C=C/C=C/c2ccc(OON)cc2)cc1. The highest BCUT2D eigenvalue weighted by Crippen LogP contribution is 2.13. The van der Waals surface area contributed by atoms with Crippen molar-refractivity contribution in [1.82, 2.24) is 0 Å². The van der Waals surface area contributed by atoms with Crippen LogP contribution < -0.4 is 10.8 Å². The minimum absolute atomic E-state index is 0.569. The van der Waals surface area contributed by atoms with E-state index in [4.69, 9.17) is 10.8 Å². The lowest BCUT2D eigenvalue weighted by Crippen LogP contribution is -2.02. The monoisotopic (exact) mass is 267 g/mol. The van der Waals surface area contributed by atoms with E-state index in [1.165, 1.54) is 11.1 Å². The molecule has 3 heteroatoms. The van der Waals surface area contributed by atoms with Gasteiger partial charge in [-0.05, 0) is 30.2 Å². The second kappa shape index (κ2) is 7.28. The number of nitrogens with two attached hydrogens (primary N) is 1. The molecule has 0 aromatic heterocycles. The molecule has 0 heterocycles. The molecule has 0 atom stereocenters. The third-order valence-corrected chi connectivity index (χ3v) is 2.79. The van der Waals surface area contributed by atoms with Crippen molar-refractivity contribution in [1.29, 1.82) is 0 Å². The van der Waals surface area contributed by atoms with Crippen LogP contribution in [0.4, 0.5) is 0 Å². The molecular formula is C17H17NO2. The molecule has 0 bridgehead atoms. The lowest BCUT2D eigenvalue weighted by atomic mass is 10.1. The quantitative estimate of drug-likeness (QED) is 0.507. The van der Waals surface area contributed by atoms with E-state index in [0.717, 1.165) is 5.56 Å². The summed E-state index contributed by atoms with van der Waals surface area (Å²) >= 11 is 0. The van der Waals surface area contributed by atoms with Crippen molar-refractivity contribution in [2.24, 2.45) is 5.90 Å². The summed E-state index contributed by atoms with van der Waals surface area (Å²) in [5, 5.41) is 0. The first-order chi connectivity index (χ1) is 9.78. The Morgan fingerprint density at radius 2 is 1.30 bits per heavy atom. The molecule has 2 aromatic rings. The van der Waals surface area contributed by atoms with E-state index in [1.807, 2.05) is 30.4 Å². The molecule has 3 nitrogen and oxygen atoms in total. The summed E-state index contributed by atoms with van der Waals surface area (Å²) in [5.41, 5.74) is 3.52. The Balaban J connectivity index is 1.94. The van der Waals surface area contributed by atoms with Gasteiger partial charge in [-0.25, -0.2) is 0 Å². The Morgan fingerprint density at radius 3 is 1.80 bits per heavy atom. The average Bonchev–Trinajstić information content (AvgIpc) is 2.47. The molecule has 0 spiro atoms. The van der Waals surface area contributed by atoms with Crippen molar-refractivity contribution in [3.63, 3.8) is 0 Å². The van der Waals surface area contributed by atoms with Gasteiger partial charge in [0.1, 0.15) is 0 Å². The van der Waals surface area contributed by atoms with E-state index >= 15 is 0 Å². The zero-order chi connectivity index (χ0) is 14.2. The molecular weight excluding hydrogens is 250 g/mol. The number of aryl methyl sites for hydroxylation is 1. The molecule has 2 rings (SSSR count). The van der Waals surface area contributed by atoms with Gasteiger partial charge in [0.2, 0.25) is 0 Å². The molecule has 2 N–H and O–H groups in total. The molecule has 102 valence electrons. The Morgan fingerprint density at radius 1 is 0.800 bits per heavy atom. The highest BCUT2D eigenvalue weighted by Gasteiger charge is 1.92. The minimum Gasteiger partial charge on any atom is -0.320 e. The molecule has 0 radical (unpaired) electrons. The van der Waals surface area contributed by atoms with Gasteiger partial charge in [0, 0.05) is 0 Å². The van der Waals surface area contributed by atoms with E-state index in [0.29, 0.717) is 5.75 Å². The second-order valence-corrected chi connectivity index (χ2v) is 4.38. The number of rotatable bonds is 5. The second-order valence-electron chi connectivity index (χ2n) is 4.38. The van der Waals surface area contributed by atoms with Gasteiger partial charge < -0.3 is 4.89 Å². The first-order valence-electron chi connectivity index (χ1n) is 6.33. The first kappa shape index (κ1) is 14.1. The van der Waals surface area contributed by atoms with Crippen LogP contribution in [0.3, 0.4) is 0 Å². The molecule has 20 heavy (non-hydrogen) atoms. The van der Waals surface area contributed by atoms with Crippen LogP contribution in [-0.2, 0) is 4.99 Å². The van der Waals surface area contributed by atoms with Crippen LogP contribution >= 0.6 is 0 Å². The number of hydrogen-bond donors (Lipinski definition) is 1. The Hall–Kier alpha value is -2.36. The van der Waals surface area contributed by atoms with E-state index in [-0.39, 0.29) is 0 Å². The maximum Gasteiger partial charge on any atom is 0.167 e. The lowest BCUT2D eigenvalue weighted by molar-refractivity contribution is -0.211. The average molecular weight is 267 g/mol. The van der Waals surface area contributed by atoms with Gasteiger partial charge in [-0.2, -0.15) is 5.90 Å². The lowest BCUT2D eigenvalue weighted by Gasteiger charge is -1.99. The van der Waals surface area contributed by atoms with Crippen LogP contribution in [0.1, 0.15) is 16.7 Å². The van der Waals surface area contributed by atoms with E-state index < -0.39 is 0 Å². The van der Waals surface area contributed by atoms with Crippen LogP contribution in [0.15, 0.2) is 60.7 Å². The van der Waals surface area contributed by atoms with E-state index in [1.54, 1.807) is 12.1 Å². The molecule has 0 aliphatic heterocycles. The molecule has 0 unspecified atom stereocenters. The fourth-order valence-corrected chi connectivity index (χ4v) is 1.70. The number of hydrogen-bond acceptors (Lipinski definition) is 3. The highest BCUT2D eigenvalue weighted by molar-refractivity contribution is 5.57. The summed E-state index contributed by atoms with van der Waals surface area (Å²) in [6.45, 7) is 2.08. The van der Waals surface area contributed by atoms with Gasteiger partial charge in [-0.15, -0.1) is 0 Å². The van der Waals surface area contributed by atoms with Gasteiger partial charge in [0.05, 0.1) is 0 Å². The van der Waals surface area contributed by atoms with Gasteiger partial charge in [-0.1, -0.05) is 71.3 Å². The van der Waals surface area contributed by atoms with Crippen LogP contribution in [0.2, 0.25) is 0 Å². The van der Waals surface area contributed by atoms with Crippen LogP contribution in [0.25, 0.3) is 12.2 Å². The van der Waals surface area contributed by atoms with Crippen LogP contribution in [-0.4, -0.2) is 0 Å². The predicted molar refractivity (Wildman–Crippen MR) is 81.6 cm³/mol.